The normalized spacial score (nSPS) is 20.2. The van der Waals surface area contributed by atoms with Gasteiger partial charge in [-0.15, -0.1) is 0 Å². The fraction of sp³-hybridized carbons (Fsp3) is 0. The lowest BCUT2D eigenvalue weighted by Crippen LogP contribution is -1.91. The Hall–Kier alpha value is -6.44. The van der Waals surface area contributed by atoms with Gasteiger partial charge in [-0.2, -0.15) is 0 Å². The van der Waals surface area contributed by atoms with Crippen LogP contribution < -0.4 is 0 Å². The summed E-state index contributed by atoms with van der Waals surface area (Å²) in [6.45, 7) is 0. The van der Waals surface area contributed by atoms with E-state index in [9.17, 15) is 17.8 Å². The Balaban J connectivity index is 1.40. The van der Waals surface area contributed by atoms with Crippen molar-refractivity contribution < 1.29 is 45.5 Å². The predicted molar refractivity (Wildman–Crippen MR) is 208 cm³/mol. The number of hydrogen-bond donors (Lipinski definition) is 0. The fourth-order valence-electron chi connectivity index (χ4n) is 5.61. The minimum Gasteiger partial charge on any atom is -0.456 e. The van der Waals surface area contributed by atoms with E-state index in [-0.39, 0.29) is 0 Å². The first-order chi connectivity index (χ1) is 36.8. The van der Waals surface area contributed by atoms with E-state index in [1.165, 1.54) is 0 Å². The van der Waals surface area contributed by atoms with Crippen LogP contribution in [0.1, 0.15) is 41.1 Å². The molecule has 1 heterocycles. The molecule has 0 aliphatic carbocycles. The molecule has 0 bridgehead atoms. The average molecular weight is 653 g/mol. The first-order valence-corrected chi connectivity index (χ1v) is 14.4. The Morgan fingerprint density at radius 2 is 0.796 bits per heavy atom. The van der Waals surface area contributed by atoms with E-state index in [2.05, 4.69) is 0 Å². The lowest BCUT2D eigenvalue weighted by molar-refractivity contribution is 0.669. The van der Waals surface area contributed by atoms with Crippen molar-refractivity contribution in [3.05, 3.63) is 181 Å². The summed E-state index contributed by atoms with van der Waals surface area (Å²) in [5.41, 5.74) is -7.54. The van der Waals surface area contributed by atoms with Gasteiger partial charge in [-0.1, -0.05) is 151 Å². The predicted octanol–water partition coefficient (Wildman–Crippen LogP) is 13.7. The minimum atomic E-state index is -1.11. The van der Waals surface area contributed by atoms with Crippen molar-refractivity contribution in [1.29, 1.82) is 0 Å². The topological polar surface area (TPSA) is 13.1 Å². The van der Waals surface area contributed by atoms with Crippen LogP contribution in [0.3, 0.4) is 0 Å². The smallest absolute Gasteiger partial charge is 0.136 e. The number of fused-ring (bicyclic) bond motifs is 6. The van der Waals surface area contributed by atoms with Gasteiger partial charge in [0.25, 0.3) is 0 Å². The lowest BCUT2D eigenvalue weighted by atomic mass is 9.85. The molecule has 0 atom stereocenters. The van der Waals surface area contributed by atoms with Crippen molar-refractivity contribution in [3.8, 4) is 44.5 Å². The zero-order chi connectivity index (χ0) is 58.4. The molecule has 1 heteroatoms. The standard InChI is InChI=1S/C48H30O/c1-2-10-31(11-3-1)37-24-26-39-44-29-38(25-27-45(44)49-46(39)30-37)48-42-16-8-6-14-40(42)47(41-15-7-9-17-43(41)48)34-21-18-33(19-22-34)36-23-20-32-12-4-5-13-35(32)28-36/h1-30H/i1D,2D,3D,4D,5D,6D,7D,8D,9D,10D,11D,12D,13D,14D,15D,16D,17D,18D,19D,20D,21D,22D,23D,24D,25D,26D,27D,28D,29D,30D. The molecule has 9 aromatic carbocycles. The number of benzene rings is 9. The largest absolute Gasteiger partial charge is 0.456 e. The molecule has 1 nitrogen and oxygen atoms in total. The van der Waals surface area contributed by atoms with Crippen LogP contribution in [0.4, 0.5) is 0 Å². The molecular weight excluding hydrogens is 593 g/mol. The van der Waals surface area contributed by atoms with Crippen LogP contribution in [0.2, 0.25) is 0 Å². The first-order valence-electron chi connectivity index (χ1n) is 29.4. The van der Waals surface area contributed by atoms with Gasteiger partial charge in [0, 0.05) is 10.8 Å². The molecule has 10 rings (SSSR count). The second kappa shape index (κ2) is 11.1. The highest BCUT2D eigenvalue weighted by molar-refractivity contribution is 6.22. The van der Waals surface area contributed by atoms with Crippen molar-refractivity contribution in [3.63, 3.8) is 0 Å². The highest BCUT2D eigenvalue weighted by Gasteiger charge is 2.18. The second-order valence-corrected chi connectivity index (χ2v) is 10.5. The number of rotatable bonds is 4. The van der Waals surface area contributed by atoms with E-state index in [4.69, 9.17) is 27.7 Å². The SMILES string of the molecule is [2H]c1c([2H])c([2H])c(-c2c([2H])c([2H])c3c(oc4c([2H])c([2H])c(-c5c6c([2H])c([2H])c([2H])c([2H])c6c(-c6c([2H])c([2H])c(-c7c([2H])c([2H])c8c([2H])c([2H])c([2H])c([2H])c8c7[2H])c([2H])c6[2H])c6c([2H])c([2H])c([2H])c([2H])c56)c([2H])c43)c2[2H])c([2H])c1[2H]. The molecule has 0 saturated heterocycles. The molecule has 1 aromatic heterocycles. The van der Waals surface area contributed by atoms with E-state index in [1.807, 2.05) is 0 Å². The van der Waals surface area contributed by atoms with E-state index in [1.54, 1.807) is 0 Å². The summed E-state index contributed by atoms with van der Waals surface area (Å²) in [5.74, 6) is 0. The van der Waals surface area contributed by atoms with Crippen LogP contribution >= 0.6 is 0 Å². The van der Waals surface area contributed by atoms with Crippen molar-refractivity contribution >= 4 is 54.3 Å². The number of hydrogen-bond acceptors (Lipinski definition) is 1. The van der Waals surface area contributed by atoms with Gasteiger partial charge < -0.3 is 4.42 Å². The highest BCUT2D eigenvalue weighted by Crippen LogP contribution is 2.45. The molecule has 0 saturated carbocycles. The minimum absolute atomic E-state index is 0.550. The van der Waals surface area contributed by atoms with Crippen LogP contribution in [-0.2, 0) is 0 Å². The van der Waals surface area contributed by atoms with Gasteiger partial charge in [0.15, 0.2) is 0 Å². The summed E-state index contributed by atoms with van der Waals surface area (Å²) < 4.78 is 275. The summed E-state index contributed by atoms with van der Waals surface area (Å²) in [4.78, 5) is 0. The van der Waals surface area contributed by atoms with E-state index in [0.717, 1.165) is 0 Å². The third-order valence-electron chi connectivity index (χ3n) is 7.76. The molecule has 10 aromatic rings. The zero-order valence-corrected chi connectivity index (χ0v) is 24.4. The Bertz CT molecular complexity index is 4460. The van der Waals surface area contributed by atoms with Crippen LogP contribution in [0.25, 0.3) is 98.8 Å². The highest BCUT2D eigenvalue weighted by atomic mass is 16.3. The van der Waals surface area contributed by atoms with Gasteiger partial charge >= 0.3 is 0 Å². The van der Waals surface area contributed by atoms with Gasteiger partial charge in [0.1, 0.15) is 11.2 Å². The van der Waals surface area contributed by atoms with Crippen LogP contribution in [-0.4, -0.2) is 0 Å². The van der Waals surface area contributed by atoms with Crippen molar-refractivity contribution in [2.24, 2.45) is 0 Å². The number of furan rings is 1. The molecule has 0 N–H and O–H groups in total. The lowest BCUT2D eigenvalue weighted by Gasteiger charge is -2.18. The Morgan fingerprint density at radius 3 is 1.51 bits per heavy atom. The van der Waals surface area contributed by atoms with E-state index < -0.39 is 280 Å². The van der Waals surface area contributed by atoms with Gasteiger partial charge in [-0.3, -0.25) is 0 Å². The summed E-state index contributed by atoms with van der Waals surface area (Å²) >= 11 is 0. The molecule has 49 heavy (non-hydrogen) atoms. The van der Waals surface area contributed by atoms with Crippen LogP contribution in [0, 0.1) is 0 Å². The van der Waals surface area contributed by atoms with E-state index in [0.29, 0.717) is 0 Å². The van der Waals surface area contributed by atoms with Crippen molar-refractivity contribution in [2.75, 3.05) is 0 Å². The molecule has 228 valence electrons. The fourth-order valence-corrected chi connectivity index (χ4v) is 5.61. The Morgan fingerprint density at radius 1 is 0.286 bits per heavy atom. The molecule has 0 amide bonds. The van der Waals surface area contributed by atoms with Crippen LogP contribution in [0.5, 0.6) is 0 Å². The molecular formula is C48H30O. The van der Waals surface area contributed by atoms with Gasteiger partial charge in [-0.05, 0) is 107 Å². The zero-order valence-electron chi connectivity index (χ0n) is 54.4. The van der Waals surface area contributed by atoms with Crippen molar-refractivity contribution in [2.45, 2.75) is 0 Å². The quantitative estimate of drug-likeness (QED) is 0.172. The van der Waals surface area contributed by atoms with Gasteiger partial charge in [0.2, 0.25) is 0 Å². The average Bonchev–Trinajstić information content (AvgIpc) is 4.02. The maximum absolute atomic E-state index is 9.82. The van der Waals surface area contributed by atoms with Gasteiger partial charge in [-0.25, -0.2) is 0 Å². The summed E-state index contributed by atoms with van der Waals surface area (Å²) in [6, 6.07) is -28.3. The molecule has 0 aliphatic heterocycles. The molecule has 0 spiro atoms. The summed E-state index contributed by atoms with van der Waals surface area (Å²) in [5, 5.41) is -5.39. The van der Waals surface area contributed by atoms with E-state index >= 15 is 0 Å². The Kier molecular flexibility index (Phi) is 2.50. The monoisotopic (exact) mass is 652 g/mol. The molecule has 0 unspecified atom stereocenters. The molecule has 0 aliphatic rings. The Labute approximate surface area is 326 Å². The summed E-state index contributed by atoms with van der Waals surface area (Å²) in [6.07, 6.45) is 0. The third kappa shape index (κ3) is 4.55. The van der Waals surface area contributed by atoms with Crippen LogP contribution in [0.15, 0.2) is 186 Å². The molecule has 0 radical (unpaired) electrons. The first kappa shape index (κ1) is 11.1. The van der Waals surface area contributed by atoms with Gasteiger partial charge in [0.05, 0.1) is 41.1 Å². The maximum atomic E-state index is 9.82. The maximum Gasteiger partial charge on any atom is 0.136 e. The third-order valence-corrected chi connectivity index (χ3v) is 7.76. The molecule has 0 fully saturated rings. The summed E-state index contributed by atoms with van der Waals surface area (Å²) in [7, 11) is 0. The van der Waals surface area contributed by atoms with Crippen molar-refractivity contribution in [1.82, 2.24) is 0 Å². The second-order valence-electron chi connectivity index (χ2n) is 10.5.